The van der Waals surface area contributed by atoms with Gasteiger partial charge >= 0.3 is 0 Å². The van der Waals surface area contributed by atoms with Crippen molar-refractivity contribution in [3.8, 4) is 0 Å². The summed E-state index contributed by atoms with van der Waals surface area (Å²) in [4.78, 5) is 4.81. The molecule has 0 saturated carbocycles. The molecule has 2 aromatic rings. The molecule has 2 aromatic carbocycles. The Hall–Kier alpha value is -1.87. The Balaban J connectivity index is 1.70. The molecular formula is C17H20ClN3. The van der Waals surface area contributed by atoms with Crippen molar-refractivity contribution < 1.29 is 0 Å². The maximum atomic E-state index is 6.08. The first-order valence-electron chi connectivity index (χ1n) is 7.25. The molecule has 1 aliphatic heterocycles. The first kappa shape index (κ1) is 14.1. The molecule has 1 saturated heterocycles. The third kappa shape index (κ3) is 3.08. The maximum Gasteiger partial charge on any atom is 0.0426 e. The Kier molecular flexibility index (Phi) is 3.93. The van der Waals surface area contributed by atoms with Gasteiger partial charge < -0.3 is 15.5 Å². The topological polar surface area (TPSA) is 32.5 Å². The van der Waals surface area contributed by atoms with E-state index >= 15 is 0 Å². The zero-order chi connectivity index (χ0) is 14.8. The molecule has 0 atom stereocenters. The minimum atomic E-state index is 0.796. The van der Waals surface area contributed by atoms with Crippen LogP contribution in [0.5, 0.6) is 0 Å². The summed E-state index contributed by atoms with van der Waals surface area (Å²) in [6, 6.07) is 14.2. The summed E-state index contributed by atoms with van der Waals surface area (Å²) in [5.74, 6) is 0. The van der Waals surface area contributed by atoms with Crippen molar-refractivity contribution in [2.24, 2.45) is 0 Å². The lowest BCUT2D eigenvalue weighted by Crippen LogP contribution is -2.46. The molecule has 21 heavy (non-hydrogen) atoms. The second-order valence-electron chi connectivity index (χ2n) is 5.50. The minimum Gasteiger partial charge on any atom is -0.399 e. The van der Waals surface area contributed by atoms with Crippen LogP contribution < -0.4 is 15.5 Å². The molecule has 0 aliphatic carbocycles. The summed E-state index contributed by atoms with van der Waals surface area (Å²) in [5.41, 5.74) is 10.4. The average Bonchev–Trinajstić information content (AvgIpc) is 2.47. The highest BCUT2D eigenvalue weighted by Gasteiger charge is 2.18. The molecule has 0 unspecified atom stereocenters. The Morgan fingerprint density at radius 1 is 0.952 bits per heavy atom. The van der Waals surface area contributed by atoms with Crippen LogP contribution in [0.3, 0.4) is 0 Å². The number of anilines is 3. The first-order chi connectivity index (χ1) is 10.1. The average molecular weight is 302 g/mol. The quantitative estimate of drug-likeness (QED) is 0.861. The molecule has 1 heterocycles. The van der Waals surface area contributed by atoms with Crippen LogP contribution in [0.1, 0.15) is 5.56 Å². The van der Waals surface area contributed by atoms with E-state index in [4.69, 9.17) is 17.3 Å². The van der Waals surface area contributed by atoms with Gasteiger partial charge in [0.15, 0.2) is 0 Å². The molecule has 0 spiro atoms. The van der Waals surface area contributed by atoms with Gasteiger partial charge in [0.2, 0.25) is 0 Å². The molecule has 3 nitrogen and oxygen atoms in total. The smallest absolute Gasteiger partial charge is 0.0426 e. The second kappa shape index (κ2) is 5.86. The third-order valence-corrected chi connectivity index (χ3v) is 4.25. The van der Waals surface area contributed by atoms with Crippen LogP contribution in [0.25, 0.3) is 0 Å². The molecule has 1 fully saturated rings. The fourth-order valence-corrected chi connectivity index (χ4v) is 3.10. The highest BCUT2D eigenvalue weighted by atomic mass is 35.5. The number of halogens is 1. The lowest BCUT2D eigenvalue weighted by Gasteiger charge is -2.38. The van der Waals surface area contributed by atoms with Crippen LogP contribution in [0.15, 0.2) is 42.5 Å². The number of hydrogen-bond acceptors (Lipinski definition) is 3. The minimum absolute atomic E-state index is 0.796. The SMILES string of the molecule is Cc1cc(N)ccc1N1CCN(c2cccc(Cl)c2)CC1. The van der Waals surface area contributed by atoms with Crippen molar-refractivity contribution in [3.63, 3.8) is 0 Å². The van der Waals surface area contributed by atoms with E-state index in [-0.39, 0.29) is 0 Å². The van der Waals surface area contributed by atoms with Gasteiger partial charge in [0.25, 0.3) is 0 Å². The number of nitrogens with two attached hydrogens (primary N) is 1. The molecule has 1 aliphatic rings. The molecule has 0 aromatic heterocycles. The van der Waals surface area contributed by atoms with Crippen molar-refractivity contribution in [3.05, 3.63) is 53.1 Å². The Bertz CT molecular complexity index is 634. The van der Waals surface area contributed by atoms with Gasteiger partial charge in [-0.3, -0.25) is 0 Å². The number of piperazine rings is 1. The van der Waals surface area contributed by atoms with E-state index in [0.717, 1.165) is 36.9 Å². The molecule has 2 N–H and O–H groups in total. The predicted octanol–water partition coefficient (Wildman–Crippen LogP) is 3.56. The summed E-state index contributed by atoms with van der Waals surface area (Å²) in [5, 5.41) is 0.796. The van der Waals surface area contributed by atoms with Crippen molar-refractivity contribution in [2.45, 2.75) is 6.92 Å². The fourth-order valence-electron chi connectivity index (χ4n) is 2.91. The maximum absolute atomic E-state index is 6.08. The standard InChI is InChI=1S/C17H20ClN3/c1-13-11-15(19)5-6-17(13)21-9-7-20(8-10-21)16-4-2-3-14(18)12-16/h2-6,11-12H,7-10,19H2,1H3. The third-order valence-electron chi connectivity index (χ3n) is 4.01. The van der Waals surface area contributed by atoms with Crippen molar-refractivity contribution >= 4 is 28.7 Å². The van der Waals surface area contributed by atoms with E-state index in [1.165, 1.54) is 16.9 Å². The molecule has 0 bridgehead atoms. The van der Waals surface area contributed by atoms with Crippen LogP contribution in [0.2, 0.25) is 5.02 Å². The Morgan fingerprint density at radius 2 is 1.67 bits per heavy atom. The van der Waals surface area contributed by atoms with Crippen LogP contribution in [-0.4, -0.2) is 26.2 Å². The van der Waals surface area contributed by atoms with Gasteiger partial charge in [-0.05, 0) is 48.9 Å². The fraction of sp³-hybridized carbons (Fsp3) is 0.294. The van der Waals surface area contributed by atoms with Gasteiger partial charge in [0, 0.05) is 48.3 Å². The monoisotopic (exact) mass is 301 g/mol. The van der Waals surface area contributed by atoms with Crippen LogP contribution in [-0.2, 0) is 0 Å². The molecule has 4 heteroatoms. The molecule has 110 valence electrons. The predicted molar refractivity (Wildman–Crippen MR) is 91.5 cm³/mol. The summed E-state index contributed by atoms with van der Waals surface area (Å²) >= 11 is 6.08. The summed E-state index contributed by atoms with van der Waals surface area (Å²) in [6.45, 7) is 6.15. The van der Waals surface area contributed by atoms with Crippen molar-refractivity contribution in [1.82, 2.24) is 0 Å². The van der Waals surface area contributed by atoms with E-state index in [9.17, 15) is 0 Å². The van der Waals surface area contributed by atoms with Crippen LogP contribution in [0, 0.1) is 6.92 Å². The van der Waals surface area contributed by atoms with E-state index in [0.29, 0.717) is 0 Å². The molecular weight excluding hydrogens is 282 g/mol. The largest absolute Gasteiger partial charge is 0.399 e. The number of nitrogen functional groups attached to an aromatic ring is 1. The zero-order valence-electron chi connectivity index (χ0n) is 12.2. The van der Waals surface area contributed by atoms with E-state index in [2.05, 4.69) is 28.9 Å². The first-order valence-corrected chi connectivity index (χ1v) is 7.63. The molecule has 0 amide bonds. The second-order valence-corrected chi connectivity index (χ2v) is 5.94. The van der Waals surface area contributed by atoms with Gasteiger partial charge in [0.1, 0.15) is 0 Å². The highest BCUT2D eigenvalue weighted by molar-refractivity contribution is 6.30. The summed E-state index contributed by atoms with van der Waals surface area (Å²) < 4.78 is 0. The van der Waals surface area contributed by atoms with Crippen LogP contribution >= 0.6 is 11.6 Å². The number of hydrogen-bond donors (Lipinski definition) is 1. The van der Waals surface area contributed by atoms with Gasteiger partial charge in [-0.25, -0.2) is 0 Å². The van der Waals surface area contributed by atoms with E-state index in [1.807, 2.05) is 30.3 Å². The van der Waals surface area contributed by atoms with Gasteiger partial charge in [-0.2, -0.15) is 0 Å². The lowest BCUT2D eigenvalue weighted by molar-refractivity contribution is 0.652. The number of nitrogens with zero attached hydrogens (tertiary/aromatic N) is 2. The van der Waals surface area contributed by atoms with E-state index < -0.39 is 0 Å². The van der Waals surface area contributed by atoms with Crippen molar-refractivity contribution in [1.29, 1.82) is 0 Å². The van der Waals surface area contributed by atoms with E-state index in [1.54, 1.807) is 0 Å². The Labute approximate surface area is 130 Å². The molecule has 3 rings (SSSR count). The summed E-state index contributed by atoms with van der Waals surface area (Å²) in [6.07, 6.45) is 0. The van der Waals surface area contributed by atoms with Gasteiger partial charge in [0.05, 0.1) is 0 Å². The van der Waals surface area contributed by atoms with Gasteiger partial charge in [-0.15, -0.1) is 0 Å². The summed E-state index contributed by atoms with van der Waals surface area (Å²) in [7, 11) is 0. The number of rotatable bonds is 2. The Morgan fingerprint density at radius 3 is 2.33 bits per heavy atom. The normalized spacial score (nSPS) is 15.3. The molecule has 0 radical (unpaired) electrons. The lowest BCUT2D eigenvalue weighted by atomic mass is 10.1. The zero-order valence-corrected chi connectivity index (χ0v) is 13.0. The number of benzene rings is 2. The number of aryl methyl sites for hydroxylation is 1. The van der Waals surface area contributed by atoms with Crippen molar-refractivity contribution in [2.75, 3.05) is 41.7 Å². The highest BCUT2D eigenvalue weighted by Crippen LogP contribution is 2.26. The van der Waals surface area contributed by atoms with Crippen LogP contribution in [0.4, 0.5) is 17.1 Å². The van der Waals surface area contributed by atoms with Gasteiger partial charge in [-0.1, -0.05) is 17.7 Å².